The van der Waals surface area contributed by atoms with Crippen molar-refractivity contribution in [1.82, 2.24) is 10.3 Å². The number of nitrogens with one attached hydrogen (secondary N) is 1. The Kier molecular flexibility index (Phi) is 4.18. The number of piperidine rings is 1. The zero-order valence-electron chi connectivity index (χ0n) is 15.4. The Morgan fingerprint density at radius 2 is 1.88 bits per heavy atom. The van der Waals surface area contributed by atoms with E-state index >= 15 is 0 Å². The molecule has 1 spiro atoms. The smallest absolute Gasteiger partial charge is 0.200 e. The molecule has 0 radical (unpaired) electrons. The van der Waals surface area contributed by atoms with Gasteiger partial charge in [0.15, 0.2) is 15.4 Å². The summed E-state index contributed by atoms with van der Waals surface area (Å²) in [5, 5.41) is 3.19. The molecule has 0 amide bonds. The number of sulfone groups is 1. The van der Waals surface area contributed by atoms with E-state index in [4.69, 9.17) is 16.0 Å². The van der Waals surface area contributed by atoms with Crippen LogP contribution in [0.3, 0.4) is 0 Å². The van der Waals surface area contributed by atoms with Crippen LogP contribution in [-0.4, -0.2) is 31.7 Å². The second-order valence-electron chi connectivity index (χ2n) is 8.82. The third kappa shape index (κ3) is 2.86. The molecule has 5 nitrogen and oxygen atoms in total. The van der Waals surface area contributed by atoms with Gasteiger partial charge >= 0.3 is 0 Å². The van der Waals surface area contributed by atoms with Gasteiger partial charge in [0, 0.05) is 5.41 Å². The van der Waals surface area contributed by atoms with Crippen LogP contribution in [-0.2, 0) is 15.3 Å². The summed E-state index contributed by atoms with van der Waals surface area (Å²) in [6.45, 7) is 7.90. The molecule has 26 heavy (non-hydrogen) atoms. The Morgan fingerprint density at radius 3 is 2.50 bits per heavy atom. The molecule has 0 atom stereocenters. The Labute approximate surface area is 159 Å². The highest BCUT2D eigenvalue weighted by molar-refractivity contribution is 7.92. The van der Waals surface area contributed by atoms with Gasteiger partial charge in [-0.05, 0) is 56.3 Å². The van der Waals surface area contributed by atoms with Gasteiger partial charge in [0.1, 0.15) is 10.4 Å². The standard InChI is InChI=1S/C19H25ClN2O3S/c1-18(2,3)17-22-14-5-4-13(20)16(15(14)25-17)26(23,24)12-10-19(11-12)6-8-21-9-7-19/h4-5,12,21H,6-11H2,1-3H3. The van der Waals surface area contributed by atoms with Gasteiger partial charge in [-0.3, -0.25) is 0 Å². The molecule has 1 aliphatic carbocycles. The first kappa shape index (κ1) is 18.3. The molecule has 2 aromatic rings. The lowest BCUT2D eigenvalue weighted by molar-refractivity contribution is 0.0901. The van der Waals surface area contributed by atoms with Crippen molar-refractivity contribution in [2.45, 2.75) is 62.0 Å². The molecule has 4 rings (SSSR count). The number of fused-ring (bicyclic) bond motifs is 1. The fourth-order valence-corrected chi connectivity index (χ4v) is 6.88. The van der Waals surface area contributed by atoms with E-state index < -0.39 is 9.84 Å². The van der Waals surface area contributed by atoms with Gasteiger partial charge in [-0.2, -0.15) is 0 Å². The maximum absolute atomic E-state index is 13.3. The number of rotatable bonds is 2. The van der Waals surface area contributed by atoms with E-state index in [2.05, 4.69) is 10.3 Å². The van der Waals surface area contributed by atoms with E-state index in [-0.39, 0.29) is 26.0 Å². The number of oxazole rings is 1. The highest BCUT2D eigenvalue weighted by Crippen LogP contribution is 2.52. The summed E-state index contributed by atoms with van der Waals surface area (Å²) in [6, 6.07) is 3.34. The topological polar surface area (TPSA) is 72.2 Å². The second kappa shape index (κ2) is 5.94. The average molecular weight is 397 g/mol. The largest absolute Gasteiger partial charge is 0.439 e. The van der Waals surface area contributed by atoms with E-state index in [0.717, 1.165) is 25.9 Å². The molecule has 142 valence electrons. The van der Waals surface area contributed by atoms with Crippen molar-refractivity contribution in [3.63, 3.8) is 0 Å². The number of benzene rings is 1. The monoisotopic (exact) mass is 396 g/mol. The SMILES string of the molecule is CC(C)(C)c1nc2ccc(Cl)c(S(=O)(=O)C3CC4(CCNCC4)C3)c2o1. The zero-order valence-corrected chi connectivity index (χ0v) is 17.0. The van der Waals surface area contributed by atoms with Crippen LogP contribution in [0.4, 0.5) is 0 Å². The predicted molar refractivity (Wildman–Crippen MR) is 102 cm³/mol. The molecule has 1 saturated carbocycles. The van der Waals surface area contributed by atoms with Crippen molar-refractivity contribution in [2.24, 2.45) is 5.41 Å². The summed E-state index contributed by atoms with van der Waals surface area (Å²) in [5.74, 6) is 0.523. The fourth-order valence-electron chi connectivity index (χ4n) is 4.19. The number of nitrogens with zero attached hydrogens (tertiary/aromatic N) is 1. The third-order valence-electron chi connectivity index (χ3n) is 5.81. The Bertz CT molecular complexity index is 945. The lowest BCUT2D eigenvalue weighted by Gasteiger charge is -2.49. The van der Waals surface area contributed by atoms with E-state index in [9.17, 15) is 8.42 Å². The Balaban J connectivity index is 1.73. The van der Waals surface area contributed by atoms with Crippen LogP contribution in [0.1, 0.15) is 52.3 Å². The van der Waals surface area contributed by atoms with Crippen LogP contribution in [0.2, 0.25) is 5.02 Å². The highest BCUT2D eigenvalue weighted by atomic mass is 35.5. The highest BCUT2D eigenvalue weighted by Gasteiger charge is 2.51. The Hall–Kier alpha value is -1.11. The molecule has 1 aliphatic heterocycles. The first-order chi connectivity index (χ1) is 12.1. The van der Waals surface area contributed by atoms with Gasteiger partial charge in [0.2, 0.25) is 5.89 Å². The molecule has 7 heteroatoms. The van der Waals surface area contributed by atoms with Crippen molar-refractivity contribution in [1.29, 1.82) is 0 Å². The Morgan fingerprint density at radius 1 is 1.23 bits per heavy atom. The summed E-state index contributed by atoms with van der Waals surface area (Å²) in [4.78, 5) is 4.61. The minimum atomic E-state index is -3.55. The van der Waals surface area contributed by atoms with E-state index in [1.54, 1.807) is 12.1 Å². The number of hydrogen-bond donors (Lipinski definition) is 1. The molecule has 1 aromatic carbocycles. The van der Waals surface area contributed by atoms with Crippen LogP contribution in [0.15, 0.2) is 21.4 Å². The van der Waals surface area contributed by atoms with Gasteiger partial charge in [-0.1, -0.05) is 32.4 Å². The zero-order chi connectivity index (χ0) is 18.7. The average Bonchev–Trinajstić information content (AvgIpc) is 2.97. The first-order valence-electron chi connectivity index (χ1n) is 9.17. The van der Waals surface area contributed by atoms with Gasteiger partial charge < -0.3 is 9.73 Å². The van der Waals surface area contributed by atoms with Crippen LogP contribution in [0, 0.1) is 5.41 Å². The lowest BCUT2D eigenvalue weighted by atomic mass is 9.63. The number of aromatic nitrogens is 1. The quantitative estimate of drug-likeness (QED) is 0.827. The maximum Gasteiger partial charge on any atom is 0.200 e. The molecule has 1 aromatic heterocycles. The molecule has 1 saturated heterocycles. The molecule has 0 unspecified atom stereocenters. The van der Waals surface area contributed by atoms with Gasteiger partial charge in [0.25, 0.3) is 0 Å². The summed E-state index contributed by atoms with van der Waals surface area (Å²) in [6.07, 6.45) is 3.52. The van der Waals surface area contributed by atoms with Crippen molar-refractivity contribution >= 4 is 32.5 Å². The number of hydrogen-bond acceptors (Lipinski definition) is 5. The summed E-state index contributed by atoms with van der Waals surface area (Å²) < 4.78 is 32.6. The predicted octanol–water partition coefficient (Wildman–Crippen LogP) is 4.08. The van der Waals surface area contributed by atoms with Gasteiger partial charge in [-0.25, -0.2) is 13.4 Å². The van der Waals surface area contributed by atoms with Crippen LogP contribution in [0.25, 0.3) is 11.1 Å². The first-order valence-corrected chi connectivity index (χ1v) is 11.1. The van der Waals surface area contributed by atoms with Gasteiger partial charge in [0.05, 0.1) is 10.3 Å². The minimum Gasteiger partial charge on any atom is -0.439 e. The molecule has 1 N–H and O–H groups in total. The summed E-state index contributed by atoms with van der Waals surface area (Å²) >= 11 is 6.34. The summed E-state index contributed by atoms with van der Waals surface area (Å²) in [5.41, 5.74) is 0.728. The van der Waals surface area contributed by atoms with Crippen molar-refractivity contribution in [2.75, 3.05) is 13.1 Å². The van der Waals surface area contributed by atoms with E-state index in [1.165, 1.54) is 0 Å². The third-order valence-corrected chi connectivity index (χ3v) is 8.43. The van der Waals surface area contributed by atoms with E-state index in [0.29, 0.717) is 29.8 Å². The van der Waals surface area contributed by atoms with Crippen LogP contribution >= 0.6 is 11.6 Å². The van der Waals surface area contributed by atoms with Crippen LogP contribution < -0.4 is 5.32 Å². The molecular weight excluding hydrogens is 372 g/mol. The maximum atomic E-state index is 13.3. The van der Waals surface area contributed by atoms with Crippen molar-refractivity contribution in [3.8, 4) is 0 Å². The molecular formula is C19H25ClN2O3S. The molecule has 2 fully saturated rings. The van der Waals surface area contributed by atoms with Crippen LogP contribution in [0.5, 0.6) is 0 Å². The minimum absolute atomic E-state index is 0.119. The van der Waals surface area contributed by atoms with Crippen molar-refractivity contribution < 1.29 is 12.8 Å². The fraction of sp³-hybridized carbons (Fsp3) is 0.632. The molecule has 2 aliphatic rings. The van der Waals surface area contributed by atoms with Crippen molar-refractivity contribution in [3.05, 3.63) is 23.0 Å². The normalized spacial score (nSPS) is 21.2. The lowest BCUT2D eigenvalue weighted by Crippen LogP contribution is -2.50. The van der Waals surface area contributed by atoms with Gasteiger partial charge in [-0.15, -0.1) is 0 Å². The second-order valence-corrected chi connectivity index (χ2v) is 11.4. The molecule has 0 bridgehead atoms. The van der Waals surface area contributed by atoms with E-state index in [1.807, 2.05) is 20.8 Å². The number of halogens is 1. The summed E-state index contributed by atoms with van der Waals surface area (Å²) in [7, 11) is -3.55. The molecule has 2 heterocycles.